The minimum absolute atomic E-state index is 0.0633. The van der Waals surface area contributed by atoms with Crippen molar-refractivity contribution >= 4 is 11.7 Å². The Hall–Kier alpha value is -1.85. The maximum Gasteiger partial charge on any atom is 0.277 e. The van der Waals surface area contributed by atoms with Crippen LogP contribution in [0.4, 0.5) is 5.95 Å². The van der Waals surface area contributed by atoms with Gasteiger partial charge in [-0.25, -0.2) is 4.98 Å². The standard InChI is InChI=1S/C13H19N5O/c1-8-4-6-17(7-5-8)13-15-12-14-10(3)9(2)11(19)18(12)16-13/h8H,4-7H2,1-3H3,(H,14,15,16). The van der Waals surface area contributed by atoms with Crippen molar-refractivity contribution in [2.75, 3.05) is 18.0 Å². The zero-order chi connectivity index (χ0) is 13.6. The molecule has 102 valence electrons. The van der Waals surface area contributed by atoms with Gasteiger partial charge in [0.25, 0.3) is 11.3 Å². The molecule has 2 aromatic rings. The highest BCUT2D eigenvalue weighted by atomic mass is 16.1. The van der Waals surface area contributed by atoms with Gasteiger partial charge in [0.05, 0.1) is 0 Å². The number of piperidine rings is 1. The van der Waals surface area contributed by atoms with Crippen molar-refractivity contribution in [3.63, 3.8) is 0 Å². The Morgan fingerprint density at radius 3 is 2.58 bits per heavy atom. The van der Waals surface area contributed by atoms with Crippen LogP contribution in [0.1, 0.15) is 31.0 Å². The lowest BCUT2D eigenvalue weighted by molar-refractivity contribution is 0.434. The van der Waals surface area contributed by atoms with Crippen LogP contribution in [-0.2, 0) is 0 Å². The number of H-pyrrole nitrogens is 1. The Labute approximate surface area is 111 Å². The van der Waals surface area contributed by atoms with Crippen molar-refractivity contribution in [2.45, 2.75) is 33.6 Å². The van der Waals surface area contributed by atoms with Crippen LogP contribution in [-0.4, -0.2) is 32.7 Å². The van der Waals surface area contributed by atoms with E-state index in [1.54, 1.807) is 6.92 Å². The van der Waals surface area contributed by atoms with E-state index in [9.17, 15) is 4.79 Å². The first-order valence-corrected chi connectivity index (χ1v) is 6.77. The zero-order valence-corrected chi connectivity index (χ0v) is 11.6. The van der Waals surface area contributed by atoms with E-state index in [1.807, 2.05) is 6.92 Å². The number of aromatic amines is 1. The van der Waals surface area contributed by atoms with E-state index in [2.05, 4.69) is 26.9 Å². The Morgan fingerprint density at radius 2 is 1.89 bits per heavy atom. The molecule has 3 rings (SSSR count). The molecule has 0 saturated carbocycles. The van der Waals surface area contributed by atoms with Gasteiger partial charge in [-0.2, -0.15) is 9.50 Å². The molecule has 2 aromatic heterocycles. The van der Waals surface area contributed by atoms with E-state index in [-0.39, 0.29) is 5.56 Å². The van der Waals surface area contributed by atoms with E-state index in [0.717, 1.165) is 43.5 Å². The van der Waals surface area contributed by atoms with E-state index >= 15 is 0 Å². The Kier molecular flexibility index (Phi) is 2.80. The Bertz CT molecular complexity index is 663. The van der Waals surface area contributed by atoms with Gasteiger partial charge >= 0.3 is 0 Å². The molecule has 0 bridgehead atoms. The first kappa shape index (κ1) is 12.2. The molecule has 19 heavy (non-hydrogen) atoms. The molecule has 1 fully saturated rings. The van der Waals surface area contributed by atoms with Crippen LogP contribution in [0.5, 0.6) is 0 Å². The summed E-state index contributed by atoms with van der Waals surface area (Å²) in [6.07, 6.45) is 2.33. The van der Waals surface area contributed by atoms with Gasteiger partial charge in [0.15, 0.2) is 0 Å². The second-order valence-corrected chi connectivity index (χ2v) is 5.48. The highest BCUT2D eigenvalue weighted by Crippen LogP contribution is 2.20. The fourth-order valence-electron chi connectivity index (χ4n) is 2.45. The van der Waals surface area contributed by atoms with Gasteiger partial charge in [-0.1, -0.05) is 6.92 Å². The van der Waals surface area contributed by atoms with Crippen molar-refractivity contribution in [3.05, 3.63) is 21.6 Å². The quantitative estimate of drug-likeness (QED) is 0.839. The maximum atomic E-state index is 12.1. The van der Waals surface area contributed by atoms with Crippen molar-refractivity contribution in [2.24, 2.45) is 5.92 Å². The lowest BCUT2D eigenvalue weighted by Crippen LogP contribution is -2.33. The van der Waals surface area contributed by atoms with Crippen LogP contribution < -0.4 is 10.5 Å². The maximum absolute atomic E-state index is 12.1. The smallest absolute Gasteiger partial charge is 0.277 e. The molecule has 0 aromatic carbocycles. The van der Waals surface area contributed by atoms with Gasteiger partial charge in [-0.05, 0) is 32.6 Å². The highest BCUT2D eigenvalue weighted by Gasteiger charge is 2.19. The molecule has 0 unspecified atom stereocenters. The molecule has 0 amide bonds. The molecule has 1 aliphatic heterocycles. The number of aromatic nitrogens is 4. The predicted octanol–water partition coefficient (Wildman–Crippen LogP) is 1.27. The third-order valence-corrected chi connectivity index (χ3v) is 4.04. The summed E-state index contributed by atoms with van der Waals surface area (Å²) in [5, 5.41) is 3.07. The fourth-order valence-corrected chi connectivity index (χ4v) is 2.45. The molecule has 0 radical (unpaired) electrons. The molecule has 1 saturated heterocycles. The van der Waals surface area contributed by atoms with E-state index in [1.165, 1.54) is 4.52 Å². The number of aryl methyl sites for hydroxylation is 1. The monoisotopic (exact) mass is 261 g/mol. The summed E-state index contributed by atoms with van der Waals surface area (Å²) in [5.74, 6) is 1.98. The fraction of sp³-hybridized carbons (Fsp3) is 0.615. The van der Waals surface area contributed by atoms with Crippen LogP contribution in [0, 0.1) is 19.8 Å². The number of hydrogen-bond acceptors (Lipinski definition) is 4. The third-order valence-electron chi connectivity index (χ3n) is 4.04. The zero-order valence-electron chi connectivity index (χ0n) is 11.6. The summed E-state index contributed by atoms with van der Waals surface area (Å²) in [7, 11) is 0. The van der Waals surface area contributed by atoms with Crippen LogP contribution in [0.15, 0.2) is 4.79 Å². The molecule has 1 aliphatic rings. The van der Waals surface area contributed by atoms with Crippen LogP contribution >= 0.6 is 0 Å². The first-order valence-electron chi connectivity index (χ1n) is 6.77. The van der Waals surface area contributed by atoms with Gasteiger partial charge < -0.3 is 4.90 Å². The average Bonchev–Trinajstić information content (AvgIpc) is 2.81. The summed E-state index contributed by atoms with van der Waals surface area (Å²) in [4.78, 5) is 23.1. The summed E-state index contributed by atoms with van der Waals surface area (Å²) >= 11 is 0. The minimum Gasteiger partial charge on any atom is -0.341 e. The summed E-state index contributed by atoms with van der Waals surface area (Å²) in [5.41, 5.74) is 1.35. The molecular weight excluding hydrogens is 242 g/mol. The second-order valence-electron chi connectivity index (χ2n) is 5.48. The summed E-state index contributed by atoms with van der Waals surface area (Å²) in [6.45, 7) is 7.87. The number of rotatable bonds is 1. The van der Waals surface area contributed by atoms with Crippen LogP contribution in [0.2, 0.25) is 0 Å². The lowest BCUT2D eigenvalue weighted by atomic mass is 10.00. The second kappa shape index (κ2) is 4.36. The average molecular weight is 261 g/mol. The normalized spacial score (nSPS) is 17.3. The molecule has 6 heteroatoms. The van der Waals surface area contributed by atoms with E-state index in [4.69, 9.17) is 0 Å². The minimum atomic E-state index is -0.0633. The highest BCUT2D eigenvalue weighted by molar-refractivity contribution is 5.40. The topological polar surface area (TPSA) is 66.3 Å². The number of hydrogen-bond donors (Lipinski definition) is 1. The van der Waals surface area contributed by atoms with E-state index in [0.29, 0.717) is 11.3 Å². The molecular formula is C13H19N5O. The largest absolute Gasteiger partial charge is 0.341 e. The van der Waals surface area contributed by atoms with Gasteiger partial charge in [0, 0.05) is 24.3 Å². The molecule has 6 nitrogen and oxygen atoms in total. The number of fused-ring (bicyclic) bond motifs is 1. The van der Waals surface area contributed by atoms with Gasteiger partial charge in [0.2, 0.25) is 5.95 Å². The summed E-state index contributed by atoms with van der Waals surface area (Å²) in [6, 6.07) is 0. The molecule has 0 atom stereocenters. The Morgan fingerprint density at radius 1 is 1.21 bits per heavy atom. The van der Waals surface area contributed by atoms with Crippen molar-refractivity contribution in [1.29, 1.82) is 0 Å². The number of nitrogens with one attached hydrogen (secondary N) is 1. The van der Waals surface area contributed by atoms with E-state index < -0.39 is 0 Å². The Balaban J connectivity index is 2.03. The third kappa shape index (κ3) is 2.01. The van der Waals surface area contributed by atoms with Gasteiger partial charge in [-0.3, -0.25) is 9.89 Å². The molecule has 0 spiro atoms. The first-order chi connectivity index (χ1) is 9.06. The molecule has 0 aliphatic carbocycles. The predicted molar refractivity (Wildman–Crippen MR) is 73.7 cm³/mol. The number of nitrogens with zero attached hydrogens (tertiary/aromatic N) is 4. The van der Waals surface area contributed by atoms with Crippen molar-refractivity contribution < 1.29 is 0 Å². The lowest BCUT2D eigenvalue weighted by Gasteiger charge is -2.29. The van der Waals surface area contributed by atoms with Crippen molar-refractivity contribution in [1.82, 2.24) is 19.6 Å². The molecule has 1 N–H and O–H groups in total. The number of anilines is 1. The molecule has 3 heterocycles. The SMILES string of the molecule is Cc1nc2nc(N3CCC(C)CC3)[nH]n2c(=O)c1C. The van der Waals surface area contributed by atoms with Gasteiger partial charge in [-0.15, -0.1) is 0 Å². The van der Waals surface area contributed by atoms with Crippen LogP contribution in [0.3, 0.4) is 0 Å². The summed E-state index contributed by atoms with van der Waals surface area (Å²) < 4.78 is 1.44. The van der Waals surface area contributed by atoms with Crippen LogP contribution in [0.25, 0.3) is 5.78 Å². The van der Waals surface area contributed by atoms with Crippen molar-refractivity contribution in [3.8, 4) is 0 Å². The van der Waals surface area contributed by atoms with Gasteiger partial charge in [0.1, 0.15) is 0 Å².